The van der Waals surface area contributed by atoms with Crippen molar-refractivity contribution in [3.63, 3.8) is 0 Å². The zero-order valence-electron chi connectivity index (χ0n) is 15.3. The van der Waals surface area contributed by atoms with E-state index in [-0.39, 0.29) is 44.2 Å². The topological polar surface area (TPSA) is 92.8 Å². The Hall–Kier alpha value is -2.03. The average molecular weight is 525 g/mol. The van der Waals surface area contributed by atoms with Gasteiger partial charge in [0.25, 0.3) is 17.7 Å². The fourth-order valence-electron chi connectivity index (χ4n) is 2.78. The molecule has 0 fully saturated rings. The molecule has 2 aromatic rings. The van der Waals surface area contributed by atoms with Crippen LogP contribution in [0.2, 0.25) is 25.1 Å². The minimum Gasteiger partial charge on any atom is -0.456 e. The van der Waals surface area contributed by atoms with E-state index < -0.39 is 30.3 Å². The molecular formula is C19H11Cl5N2O5. The molecule has 31 heavy (non-hydrogen) atoms. The number of hydrogen-bond donors (Lipinski definition) is 1. The van der Waals surface area contributed by atoms with Crippen molar-refractivity contribution in [3.05, 3.63) is 60.5 Å². The second kappa shape index (κ2) is 9.63. The fraction of sp³-hybridized carbons (Fsp3) is 0.158. The molecular weight excluding hydrogens is 513 g/mol. The van der Waals surface area contributed by atoms with Gasteiger partial charge in [0.1, 0.15) is 0 Å². The maximum Gasteiger partial charge on any atom is 0.308 e. The number of anilines is 1. The first-order chi connectivity index (χ1) is 14.6. The van der Waals surface area contributed by atoms with Crippen LogP contribution in [0.15, 0.2) is 24.3 Å². The van der Waals surface area contributed by atoms with Crippen molar-refractivity contribution in [2.45, 2.75) is 6.42 Å². The van der Waals surface area contributed by atoms with Crippen molar-refractivity contribution < 1.29 is 23.9 Å². The summed E-state index contributed by atoms with van der Waals surface area (Å²) in [7, 11) is 0. The summed E-state index contributed by atoms with van der Waals surface area (Å²) in [5, 5.41) is 2.23. The van der Waals surface area contributed by atoms with E-state index in [1.54, 1.807) is 18.2 Å². The summed E-state index contributed by atoms with van der Waals surface area (Å²) in [6.07, 6.45) is -0.355. The summed E-state index contributed by atoms with van der Waals surface area (Å²) in [5.41, 5.74) is 0.0753. The highest BCUT2D eigenvalue weighted by atomic mass is 35.5. The van der Waals surface area contributed by atoms with Crippen LogP contribution in [0.25, 0.3) is 0 Å². The molecule has 0 atom stereocenters. The second-order valence-corrected chi connectivity index (χ2v) is 8.19. The van der Waals surface area contributed by atoms with Crippen LogP contribution in [0, 0.1) is 0 Å². The molecule has 3 rings (SSSR count). The maximum absolute atomic E-state index is 12.6. The molecule has 0 unspecified atom stereocenters. The minimum atomic E-state index is -0.800. The Labute approximate surface area is 201 Å². The van der Waals surface area contributed by atoms with E-state index in [1.165, 1.54) is 6.07 Å². The Morgan fingerprint density at radius 1 is 0.903 bits per heavy atom. The Kier molecular flexibility index (Phi) is 7.34. The van der Waals surface area contributed by atoms with Crippen LogP contribution in [0.5, 0.6) is 0 Å². The number of benzene rings is 2. The zero-order valence-corrected chi connectivity index (χ0v) is 19.1. The molecule has 1 heterocycles. The summed E-state index contributed by atoms with van der Waals surface area (Å²) in [6.45, 7) is -0.876. The summed E-state index contributed by atoms with van der Waals surface area (Å²) in [6, 6.07) is 6.42. The number of nitrogens with one attached hydrogen (secondary N) is 1. The standard InChI is InChI=1S/C19H11Cl5N2O5/c20-8-2-1-3-9(6-8)25-10(27)7-31-11(28)4-5-26-18(29)12-13(19(26)30)15(22)17(24)16(23)14(12)21/h1-3,6H,4-5,7H2,(H,25,27). The van der Waals surface area contributed by atoms with E-state index in [4.69, 9.17) is 62.7 Å². The van der Waals surface area contributed by atoms with Gasteiger partial charge in [0, 0.05) is 17.3 Å². The van der Waals surface area contributed by atoms with Crippen LogP contribution >= 0.6 is 58.0 Å². The summed E-state index contributed by atoms with van der Waals surface area (Å²) < 4.78 is 4.87. The van der Waals surface area contributed by atoms with E-state index >= 15 is 0 Å². The quantitative estimate of drug-likeness (QED) is 0.245. The molecule has 0 saturated heterocycles. The lowest BCUT2D eigenvalue weighted by molar-refractivity contribution is -0.147. The Morgan fingerprint density at radius 2 is 1.48 bits per heavy atom. The first-order valence-corrected chi connectivity index (χ1v) is 10.4. The molecule has 0 bridgehead atoms. The third-order valence-corrected chi connectivity index (χ3v) is 6.23. The Bertz CT molecular complexity index is 1070. The number of nitrogens with zero attached hydrogens (tertiary/aromatic N) is 1. The number of carbonyl (C=O) groups is 4. The third-order valence-electron chi connectivity index (χ3n) is 4.20. The van der Waals surface area contributed by atoms with Crippen molar-refractivity contribution in [2.24, 2.45) is 0 Å². The number of hydrogen-bond acceptors (Lipinski definition) is 5. The smallest absolute Gasteiger partial charge is 0.308 e. The van der Waals surface area contributed by atoms with Crippen LogP contribution in [-0.2, 0) is 14.3 Å². The second-order valence-electron chi connectivity index (χ2n) is 6.24. The molecule has 0 spiro atoms. The van der Waals surface area contributed by atoms with E-state index in [0.717, 1.165) is 4.90 Å². The summed E-state index contributed by atoms with van der Waals surface area (Å²) in [5.74, 6) is -2.92. The Morgan fingerprint density at radius 3 is 2.03 bits per heavy atom. The molecule has 162 valence electrons. The molecule has 3 amide bonds. The third kappa shape index (κ3) is 4.91. The number of esters is 1. The molecule has 2 aromatic carbocycles. The zero-order chi connectivity index (χ0) is 22.9. The predicted molar refractivity (Wildman–Crippen MR) is 118 cm³/mol. The van der Waals surface area contributed by atoms with Gasteiger partial charge in [0.2, 0.25) is 0 Å². The highest BCUT2D eigenvalue weighted by molar-refractivity contribution is 6.55. The molecule has 0 aromatic heterocycles. The molecule has 0 radical (unpaired) electrons. The number of carbonyl (C=O) groups excluding carboxylic acids is 4. The predicted octanol–water partition coefficient (Wildman–Crippen LogP) is 5.12. The summed E-state index contributed by atoms with van der Waals surface area (Å²) in [4.78, 5) is 49.8. The van der Waals surface area contributed by atoms with Crippen LogP contribution in [0.1, 0.15) is 27.1 Å². The van der Waals surface area contributed by atoms with Gasteiger partial charge in [0.05, 0.1) is 37.6 Å². The van der Waals surface area contributed by atoms with Crippen molar-refractivity contribution in [3.8, 4) is 0 Å². The van der Waals surface area contributed by atoms with Crippen molar-refractivity contribution in [2.75, 3.05) is 18.5 Å². The molecule has 0 saturated carbocycles. The van der Waals surface area contributed by atoms with Crippen LogP contribution in [0.4, 0.5) is 5.69 Å². The van der Waals surface area contributed by atoms with E-state index in [2.05, 4.69) is 5.32 Å². The van der Waals surface area contributed by atoms with Gasteiger partial charge >= 0.3 is 5.97 Å². The normalized spacial score (nSPS) is 12.7. The highest BCUT2D eigenvalue weighted by Gasteiger charge is 2.41. The van der Waals surface area contributed by atoms with Gasteiger partial charge in [-0.1, -0.05) is 64.1 Å². The Balaban J connectivity index is 1.57. The molecule has 12 heteroatoms. The fourth-order valence-corrected chi connectivity index (χ4v) is 3.99. The van der Waals surface area contributed by atoms with Gasteiger partial charge in [-0.05, 0) is 18.2 Å². The highest BCUT2D eigenvalue weighted by Crippen LogP contribution is 2.44. The monoisotopic (exact) mass is 522 g/mol. The lowest BCUT2D eigenvalue weighted by atomic mass is 10.1. The van der Waals surface area contributed by atoms with Crippen molar-refractivity contribution in [1.82, 2.24) is 4.90 Å². The van der Waals surface area contributed by atoms with Gasteiger partial charge in [-0.25, -0.2) is 0 Å². The van der Waals surface area contributed by atoms with Crippen LogP contribution in [-0.4, -0.2) is 41.7 Å². The molecule has 1 aliphatic rings. The maximum atomic E-state index is 12.6. The molecule has 1 aliphatic heterocycles. The lowest BCUT2D eigenvalue weighted by Crippen LogP contribution is -2.32. The van der Waals surface area contributed by atoms with E-state index in [1.807, 2.05) is 0 Å². The molecule has 7 nitrogen and oxygen atoms in total. The number of amides is 3. The first-order valence-electron chi connectivity index (χ1n) is 8.55. The van der Waals surface area contributed by atoms with E-state index in [9.17, 15) is 19.2 Å². The number of ether oxygens (including phenoxy) is 1. The molecule has 0 aliphatic carbocycles. The van der Waals surface area contributed by atoms with Crippen LogP contribution in [0.3, 0.4) is 0 Å². The largest absolute Gasteiger partial charge is 0.456 e. The van der Waals surface area contributed by atoms with E-state index in [0.29, 0.717) is 10.7 Å². The van der Waals surface area contributed by atoms with Gasteiger partial charge in [-0.2, -0.15) is 0 Å². The summed E-state index contributed by atoms with van der Waals surface area (Å²) >= 11 is 29.8. The van der Waals surface area contributed by atoms with Gasteiger partial charge in [0.15, 0.2) is 6.61 Å². The van der Waals surface area contributed by atoms with Gasteiger partial charge in [-0.15, -0.1) is 0 Å². The van der Waals surface area contributed by atoms with Crippen molar-refractivity contribution >= 4 is 87.4 Å². The number of fused-ring (bicyclic) bond motifs is 1. The first kappa shape index (κ1) is 23.6. The minimum absolute atomic E-state index is 0.153. The van der Waals surface area contributed by atoms with Gasteiger partial charge in [-0.3, -0.25) is 24.1 Å². The SMILES string of the molecule is O=C(COC(=O)CCN1C(=O)c2c(Cl)c(Cl)c(Cl)c(Cl)c2C1=O)Nc1cccc(Cl)c1. The number of halogens is 5. The van der Waals surface area contributed by atoms with Crippen molar-refractivity contribution in [1.29, 1.82) is 0 Å². The lowest BCUT2D eigenvalue weighted by Gasteiger charge is -2.13. The van der Waals surface area contributed by atoms with Crippen LogP contribution < -0.4 is 5.32 Å². The number of rotatable bonds is 6. The molecule has 1 N–H and O–H groups in total. The number of imide groups is 1. The van der Waals surface area contributed by atoms with Gasteiger partial charge < -0.3 is 10.1 Å². The average Bonchev–Trinajstić information content (AvgIpc) is 2.97.